The minimum atomic E-state index is -2.93. The minimum absolute atomic E-state index is 0.329. The highest BCUT2D eigenvalue weighted by atomic mass is 28.4. The SMILES string of the molecule is CCCCCCC(N=[N+]=[N-])[Si](OCC)(OCC)OCC. The van der Waals surface area contributed by atoms with Crippen LogP contribution in [0.3, 0.4) is 0 Å². The summed E-state index contributed by atoms with van der Waals surface area (Å²) < 4.78 is 17.4. The Hall–Kier alpha value is -0.593. The van der Waals surface area contributed by atoms with E-state index in [1.807, 2.05) is 20.8 Å². The maximum absolute atomic E-state index is 8.82. The van der Waals surface area contributed by atoms with Gasteiger partial charge in [-0.15, -0.1) is 0 Å². The summed E-state index contributed by atoms with van der Waals surface area (Å²) in [6.45, 7) is 9.39. The fraction of sp³-hybridized carbons (Fsp3) is 1.00. The van der Waals surface area contributed by atoms with E-state index in [0.717, 1.165) is 19.3 Å². The first-order valence-corrected chi connectivity index (χ1v) is 9.46. The predicted molar refractivity (Wildman–Crippen MR) is 82.3 cm³/mol. The monoisotopic (exact) mass is 303 g/mol. The summed E-state index contributed by atoms with van der Waals surface area (Å²) in [5.74, 6) is 0. The van der Waals surface area contributed by atoms with Crippen molar-refractivity contribution in [3.05, 3.63) is 10.4 Å². The van der Waals surface area contributed by atoms with E-state index in [-0.39, 0.29) is 5.67 Å². The van der Waals surface area contributed by atoms with Crippen LogP contribution in [0.25, 0.3) is 10.4 Å². The van der Waals surface area contributed by atoms with E-state index >= 15 is 0 Å². The Balaban J connectivity index is 4.91. The molecule has 0 rings (SSSR count). The second kappa shape index (κ2) is 12.2. The van der Waals surface area contributed by atoms with Gasteiger partial charge < -0.3 is 13.3 Å². The highest BCUT2D eigenvalue weighted by molar-refractivity contribution is 6.62. The van der Waals surface area contributed by atoms with Crippen molar-refractivity contribution in [2.75, 3.05) is 19.8 Å². The van der Waals surface area contributed by atoms with Crippen LogP contribution in [-0.2, 0) is 13.3 Å². The average Bonchev–Trinajstić information content (AvgIpc) is 2.43. The van der Waals surface area contributed by atoms with Gasteiger partial charge >= 0.3 is 8.80 Å². The molecule has 0 aliphatic carbocycles. The van der Waals surface area contributed by atoms with E-state index in [9.17, 15) is 0 Å². The van der Waals surface area contributed by atoms with Crippen molar-refractivity contribution in [3.8, 4) is 0 Å². The van der Waals surface area contributed by atoms with Gasteiger partial charge in [0.2, 0.25) is 0 Å². The molecule has 1 unspecified atom stereocenters. The van der Waals surface area contributed by atoms with Gasteiger partial charge in [0.15, 0.2) is 0 Å². The molecule has 0 aliphatic rings. The Morgan fingerprint density at radius 1 is 0.950 bits per heavy atom. The van der Waals surface area contributed by atoms with E-state index in [4.69, 9.17) is 18.8 Å². The van der Waals surface area contributed by atoms with Crippen LogP contribution in [0.5, 0.6) is 0 Å². The van der Waals surface area contributed by atoms with Gasteiger partial charge in [0.1, 0.15) is 5.67 Å². The molecule has 0 saturated heterocycles. The Morgan fingerprint density at radius 2 is 1.50 bits per heavy atom. The Bertz CT molecular complexity index is 269. The molecular weight excluding hydrogens is 274 g/mol. The number of hydrogen-bond donors (Lipinski definition) is 0. The molecule has 0 amide bonds. The molecule has 0 radical (unpaired) electrons. The highest BCUT2D eigenvalue weighted by Crippen LogP contribution is 2.23. The van der Waals surface area contributed by atoms with Crippen LogP contribution in [0.1, 0.15) is 59.8 Å². The van der Waals surface area contributed by atoms with Gasteiger partial charge in [-0.1, -0.05) is 37.7 Å². The minimum Gasteiger partial charge on any atom is -0.374 e. The van der Waals surface area contributed by atoms with E-state index in [2.05, 4.69) is 16.9 Å². The van der Waals surface area contributed by atoms with Crippen molar-refractivity contribution in [1.29, 1.82) is 0 Å². The van der Waals surface area contributed by atoms with Crippen molar-refractivity contribution in [2.45, 2.75) is 65.5 Å². The second-order valence-electron chi connectivity index (χ2n) is 4.47. The van der Waals surface area contributed by atoms with Crippen LogP contribution < -0.4 is 0 Å². The fourth-order valence-electron chi connectivity index (χ4n) is 2.15. The number of rotatable bonds is 13. The smallest absolute Gasteiger partial charge is 0.374 e. The zero-order chi connectivity index (χ0) is 15.3. The standard InChI is InChI=1S/C13H29N3O3Si/c1-5-9-10-11-12-13(15-16-14)20(17-6-2,18-7-3)19-8-4/h13H,5-12H2,1-4H3. The average molecular weight is 303 g/mol. The van der Waals surface area contributed by atoms with Crippen LogP contribution in [0.15, 0.2) is 5.11 Å². The topological polar surface area (TPSA) is 76.5 Å². The third kappa shape index (κ3) is 6.72. The Morgan fingerprint density at radius 3 is 1.90 bits per heavy atom. The van der Waals surface area contributed by atoms with E-state index in [0.29, 0.717) is 19.8 Å². The van der Waals surface area contributed by atoms with Gasteiger partial charge in [0.25, 0.3) is 0 Å². The van der Waals surface area contributed by atoms with Gasteiger partial charge in [-0.3, -0.25) is 0 Å². The van der Waals surface area contributed by atoms with Gasteiger partial charge in [-0.2, -0.15) is 0 Å². The van der Waals surface area contributed by atoms with Crippen molar-refractivity contribution >= 4 is 8.80 Å². The molecule has 0 fully saturated rings. The van der Waals surface area contributed by atoms with Crippen molar-refractivity contribution in [2.24, 2.45) is 5.11 Å². The fourth-order valence-corrected chi connectivity index (χ4v) is 4.93. The van der Waals surface area contributed by atoms with Gasteiger partial charge in [-0.05, 0) is 32.7 Å². The molecule has 118 valence electrons. The lowest BCUT2D eigenvalue weighted by molar-refractivity contribution is 0.0611. The van der Waals surface area contributed by atoms with E-state index < -0.39 is 8.80 Å². The lowest BCUT2D eigenvalue weighted by atomic mass is 10.1. The largest absolute Gasteiger partial charge is 0.510 e. The molecule has 6 nitrogen and oxygen atoms in total. The molecule has 1 atom stereocenters. The van der Waals surface area contributed by atoms with Gasteiger partial charge in [0.05, 0.1) is 0 Å². The van der Waals surface area contributed by atoms with Crippen LogP contribution in [0.2, 0.25) is 0 Å². The summed E-state index contributed by atoms with van der Waals surface area (Å²) in [5, 5.41) is 3.92. The summed E-state index contributed by atoms with van der Waals surface area (Å²) in [7, 11) is -2.93. The lowest BCUT2D eigenvalue weighted by Crippen LogP contribution is -2.55. The van der Waals surface area contributed by atoms with Crippen LogP contribution in [-0.4, -0.2) is 34.3 Å². The molecule has 0 spiro atoms. The zero-order valence-corrected chi connectivity index (χ0v) is 14.3. The molecule has 0 aliphatic heterocycles. The summed E-state index contributed by atoms with van der Waals surface area (Å²) in [6.07, 6.45) is 5.26. The first-order chi connectivity index (χ1) is 9.70. The highest BCUT2D eigenvalue weighted by Gasteiger charge is 2.48. The molecule has 0 aromatic rings. The molecular formula is C13H29N3O3Si. The Kier molecular flexibility index (Phi) is 11.8. The van der Waals surface area contributed by atoms with E-state index in [1.165, 1.54) is 12.8 Å². The summed E-state index contributed by atoms with van der Waals surface area (Å²) >= 11 is 0. The van der Waals surface area contributed by atoms with Crippen molar-refractivity contribution in [1.82, 2.24) is 0 Å². The molecule has 20 heavy (non-hydrogen) atoms. The van der Waals surface area contributed by atoms with Crippen LogP contribution in [0.4, 0.5) is 0 Å². The number of nitrogens with zero attached hydrogens (tertiary/aromatic N) is 3. The Labute approximate surface area is 123 Å². The molecule has 0 saturated carbocycles. The molecule has 7 heteroatoms. The maximum atomic E-state index is 8.82. The predicted octanol–water partition coefficient (Wildman–Crippen LogP) is 4.22. The van der Waals surface area contributed by atoms with E-state index in [1.54, 1.807) is 0 Å². The van der Waals surface area contributed by atoms with Crippen molar-refractivity contribution < 1.29 is 13.3 Å². The third-order valence-corrected chi connectivity index (χ3v) is 6.26. The molecule has 0 bridgehead atoms. The lowest BCUT2D eigenvalue weighted by Gasteiger charge is -2.33. The first kappa shape index (κ1) is 19.4. The first-order valence-electron chi connectivity index (χ1n) is 7.66. The molecule has 0 aromatic carbocycles. The summed E-state index contributed by atoms with van der Waals surface area (Å²) in [4.78, 5) is 2.97. The molecule has 0 N–H and O–H groups in total. The summed E-state index contributed by atoms with van der Waals surface area (Å²) in [6, 6.07) is 0. The van der Waals surface area contributed by atoms with Crippen molar-refractivity contribution in [3.63, 3.8) is 0 Å². The van der Waals surface area contributed by atoms with Crippen LogP contribution in [0, 0.1) is 0 Å². The quantitative estimate of drug-likeness (QED) is 0.168. The second-order valence-corrected chi connectivity index (χ2v) is 7.21. The number of azide groups is 1. The molecule has 0 heterocycles. The van der Waals surface area contributed by atoms with Gasteiger partial charge in [-0.25, -0.2) is 0 Å². The van der Waals surface area contributed by atoms with Crippen LogP contribution >= 0.6 is 0 Å². The van der Waals surface area contributed by atoms with Gasteiger partial charge in [0, 0.05) is 24.7 Å². The molecule has 0 aromatic heterocycles. The maximum Gasteiger partial charge on any atom is 0.510 e. The zero-order valence-electron chi connectivity index (χ0n) is 13.3. The third-order valence-electron chi connectivity index (χ3n) is 2.97. The summed E-state index contributed by atoms with van der Waals surface area (Å²) in [5.41, 5.74) is 8.49. The number of unbranched alkanes of at least 4 members (excludes halogenated alkanes) is 3. The normalized spacial score (nSPS) is 13.0. The number of hydrogen-bond acceptors (Lipinski definition) is 4.